The Morgan fingerprint density at radius 1 is 1.32 bits per heavy atom. The summed E-state index contributed by atoms with van der Waals surface area (Å²) in [4.78, 5) is 4.26. The number of nitrogens with zero attached hydrogens (tertiary/aromatic N) is 1. The lowest BCUT2D eigenvalue weighted by atomic mass is 9.83. The van der Waals surface area contributed by atoms with Gasteiger partial charge < -0.3 is 11.1 Å². The number of halogens is 2. The Bertz CT molecular complexity index is 431. The highest BCUT2D eigenvalue weighted by molar-refractivity contribution is 6.37. The van der Waals surface area contributed by atoms with Gasteiger partial charge in [-0.25, -0.2) is 4.98 Å². The summed E-state index contributed by atoms with van der Waals surface area (Å²) < 4.78 is 0. The van der Waals surface area contributed by atoms with Gasteiger partial charge in [0.05, 0.1) is 10.0 Å². The fourth-order valence-electron chi connectivity index (χ4n) is 2.85. The van der Waals surface area contributed by atoms with Crippen molar-refractivity contribution in [3.63, 3.8) is 0 Å². The predicted molar refractivity (Wildman–Crippen MR) is 82.9 cm³/mol. The average molecular weight is 302 g/mol. The van der Waals surface area contributed by atoms with Gasteiger partial charge in [0.25, 0.3) is 0 Å². The number of aromatic nitrogens is 1. The second-order valence-corrected chi connectivity index (χ2v) is 6.06. The molecule has 0 amide bonds. The first-order valence-electron chi connectivity index (χ1n) is 7.00. The van der Waals surface area contributed by atoms with Crippen molar-refractivity contribution < 1.29 is 0 Å². The third-order valence-corrected chi connectivity index (χ3v) is 4.53. The van der Waals surface area contributed by atoms with Crippen LogP contribution in [0.15, 0.2) is 6.07 Å². The quantitative estimate of drug-likeness (QED) is 0.844. The van der Waals surface area contributed by atoms with E-state index in [-0.39, 0.29) is 0 Å². The highest BCUT2D eigenvalue weighted by Gasteiger charge is 2.23. The van der Waals surface area contributed by atoms with Gasteiger partial charge in [0.1, 0.15) is 11.6 Å². The number of hydrogen-bond acceptors (Lipinski definition) is 3. The number of pyridine rings is 1. The molecular weight excluding hydrogens is 281 g/mol. The van der Waals surface area contributed by atoms with E-state index in [1.54, 1.807) is 6.07 Å². The first kappa shape index (κ1) is 14.7. The van der Waals surface area contributed by atoms with E-state index in [1.165, 1.54) is 32.1 Å². The minimum absolute atomic E-state index is 0.326. The third kappa shape index (κ3) is 3.67. The molecule has 2 rings (SSSR count). The summed E-state index contributed by atoms with van der Waals surface area (Å²) in [5.74, 6) is 1.68. The maximum absolute atomic E-state index is 6.18. The van der Waals surface area contributed by atoms with Crippen LogP contribution in [0, 0.1) is 5.92 Å². The van der Waals surface area contributed by atoms with Crippen LogP contribution in [0.5, 0.6) is 0 Å². The Balaban J connectivity index is 2.11. The number of nitrogen functional groups attached to an aromatic ring is 1. The molecule has 1 unspecified atom stereocenters. The maximum atomic E-state index is 6.18. The summed E-state index contributed by atoms with van der Waals surface area (Å²) in [5.41, 5.74) is 5.74. The molecule has 1 aliphatic carbocycles. The summed E-state index contributed by atoms with van der Waals surface area (Å²) in [5, 5.41) is 4.39. The van der Waals surface area contributed by atoms with Crippen LogP contribution in [0.3, 0.4) is 0 Å². The topological polar surface area (TPSA) is 50.9 Å². The lowest BCUT2D eigenvalue weighted by Crippen LogP contribution is -2.30. The molecular formula is C14H21Cl2N3. The summed E-state index contributed by atoms with van der Waals surface area (Å²) in [7, 11) is 0. The van der Waals surface area contributed by atoms with Crippen molar-refractivity contribution in [1.29, 1.82) is 0 Å². The van der Waals surface area contributed by atoms with E-state index in [2.05, 4.69) is 17.2 Å². The Morgan fingerprint density at radius 3 is 2.63 bits per heavy atom. The molecule has 3 nitrogen and oxygen atoms in total. The standard InChI is InChI=1S/C14H21Cl2N3/c1-2-12(9-6-4-3-5-7-9)18-14-11(16)8-10(15)13(17)19-14/h8-9,12H,2-7H2,1H3,(H3,17,18,19). The van der Waals surface area contributed by atoms with E-state index in [1.807, 2.05) is 0 Å². The zero-order chi connectivity index (χ0) is 13.8. The molecule has 1 fully saturated rings. The van der Waals surface area contributed by atoms with Crippen molar-refractivity contribution in [1.82, 2.24) is 4.98 Å². The molecule has 1 saturated carbocycles. The third-order valence-electron chi connectivity index (χ3n) is 3.94. The van der Waals surface area contributed by atoms with Crippen LogP contribution in [-0.2, 0) is 0 Å². The molecule has 0 spiro atoms. The van der Waals surface area contributed by atoms with E-state index in [0.29, 0.717) is 33.6 Å². The fourth-order valence-corrected chi connectivity index (χ4v) is 3.26. The molecule has 0 aliphatic heterocycles. The predicted octanol–water partition coefficient (Wildman–Crippen LogP) is 4.74. The van der Waals surface area contributed by atoms with Crippen LogP contribution in [-0.4, -0.2) is 11.0 Å². The number of nitrogens with two attached hydrogens (primary N) is 1. The van der Waals surface area contributed by atoms with Gasteiger partial charge in [-0.3, -0.25) is 0 Å². The molecule has 0 radical (unpaired) electrons. The van der Waals surface area contributed by atoms with Gasteiger partial charge >= 0.3 is 0 Å². The summed E-state index contributed by atoms with van der Waals surface area (Å²) in [6.07, 6.45) is 7.64. The molecule has 0 aromatic carbocycles. The molecule has 1 aliphatic rings. The van der Waals surface area contributed by atoms with Crippen LogP contribution >= 0.6 is 23.2 Å². The second kappa shape index (κ2) is 6.67. The molecule has 106 valence electrons. The van der Waals surface area contributed by atoms with Gasteiger partial charge in [-0.15, -0.1) is 0 Å². The van der Waals surface area contributed by atoms with E-state index in [9.17, 15) is 0 Å². The summed E-state index contributed by atoms with van der Waals surface area (Å²) in [6.45, 7) is 2.19. The zero-order valence-electron chi connectivity index (χ0n) is 11.3. The Hall–Kier alpha value is -0.670. The van der Waals surface area contributed by atoms with E-state index in [4.69, 9.17) is 28.9 Å². The van der Waals surface area contributed by atoms with Crippen LogP contribution in [0.4, 0.5) is 11.6 Å². The van der Waals surface area contributed by atoms with Crippen molar-refractivity contribution in [2.45, 2.75) is 51.5 Å². The SMILES string of the molecule is CCC(Nc1nc(N)c(Cl)cc1Cl)C1CCCCC1. The first-order valence-corrected chi connectivity index (χ1v) is 7.75. The van der Waals surface area contributed by atoms with Crippen LogP contribution < -0.4 is 11.1 Å². The largest absolute Gasteiger partial charge is 0.382 e. The highest BCUT2D eigenvalue weighted by atomic mass is 35.5. The Kier molecular flexibility index (Phi) is 5.17. The van der Waals surface area contributed by atoms with Gasteiger partial charge in [-0.1, -0.05) is 49.4 Å². The molecule has 1 atom stereocenters. The van der Waals surface area contributed by atoms with Gasteiger partial charge in [-0.05, 0) is 31.2 Å². The number of anilines is 2. The minimum Gasteiger partial charge on any atom is -0.382 e. The van der Waals surface area contributed by atoms with E-state index < -0.39 is 0 Å². The van der Waals surface area contributed by atoms with Crippen molar-refractivity contribution in [3.05, 3.63) is 16.1 Å². The molecule has 3 N–H and O–H groups in total. The molecule has 1 aromatic rings. The van der Waals surface area contributed by atoms with Gasteiger partial charge in [-0.2, -0.15) is 0 Å². The monoisotopic (exact) mass is 301 g/mol. The molecule has 1 aromatic heterocycles. The molecule has 19 heavy (non-hydrogen) atoms. The van der Waals surface area contributed by atoms with Crippen LogP contribution in [0.1, 0.15) is 45.4 Å². The van der Waals surface area contributed by atoms with E-state index >= 15 is 0 Å². The highest BCUT2D eigenvalue weighted by Crippen LogP contribution is 2.32. The second-order valence-electron chi connectivity index (χ2n) is 5.24. The van der Waals surface area contributed by atoms with Gasteiger partial charge in [0.15, 0.2) is 0 Å². The van der Waals surface area contributed by atoms with E-state index in [0.717, 1.165) is 6.42 Å². The van der Waals surface area contributed by atoms with Crippen molar-refractivity contribution >= 4 is 34.8 Å². The minimum atomic E-state index is 0.326. The normalized spacial score (nSPS) is 18.3. The molecule has 5 heteroatoms. The number of hydrogen-bond donors (Lipinski definition) is 2. The number of rotatable bonds is 4. The Labute approximate surface area is 124 Å². The van der Waals surface area contributed by atoms with Crippen LogP contribution in [0.2, 0.25) is 10.0 Å². The summed E-state index contributed by atoms with van der Waals surface area (Å²) in [6, 6.07) is 2.06. The molecule has 0 saturated heterocycles. The van der Waals surface area contributed by atoms with Crippen molar-refractivity contribution in [3.8, 4) is 0 Å². The van der Waals surface area contributed by atoms with Crippen molar-refractivity contribution in [2.24, 2.45) is 5.92 Å². The molecule has 0 bridgehead atoms. The lowest BCUT2D eigenvalue weighted by Gasteiger charge is -2.31. The first-order chi connectivity index (χ1) is 9.11. The van der Waals surface area contributed by atoms with Gasteiger partial charge in [0, 0.05) is 6.04 Å². The molecule has 1 heterocycles. The average Bonchev–Trinajstić information content (AvgIpc) is 2.42. The zero-order valence-corrected chi connectivity index (χ0v) is 12.8. The fraction of sp³-hybridized carbons (Fsp3) is 0.643. The van der Waals surface area contributed by atoms with Gasteiger partial charge in [0.2, 0.25) is 0 Å². The summed E-state index contributed by atoms with van der Waals surface area (Å²) >= 11 is 12.1. The van der Waals surface area contributed by atoms with Crippen LogP contribution in [0.25, 0.3) is 0 Å². The number of nitrogens with one attached hydrogen (secondary N) is 1. The Morgan fingerprint density at radius 2 is 2.00 bits per heavy atom. The van der Waals surface area contributed by atoms with Crippen molar-refractivity contribution in [2.75, 3.05) is 11.1 Å². The smallest absolute Gasteiger partial charge is 0.147 e. The lowest BCUT2D eigenvalue weighted by molar-refractivity contribution is 0.312. The maximum Gasteiger partial charge on any atom is 0.147 e.